The van der Waals surface area contributed by atoms with Crippen LogP contribution in [0, 0.1) is 0 Å². The van der Waals surface area contributed by atoms with Gasteiger partial charge in [-0.05, 0) is 23.7 Å². The molecule has 1 saturated heterocycles. The van der Waals surface area contributed by atoms with Gasteiger partial charge in [-0.1, -0.05) is 96.2 Å². The molecule has 5 heteroatoms. The van der Waals surface area contributed by atoms with Crippen LogP contribution in [-0.2, 0) is 6.54 Å². The van der Waals surface area contributed by atoms with Gasteiger partial charge in [0.15, 0.2) is 5.82 Å². The highest BCUT2D eigenvalue weighted by atomic mass is 16.5. The molecule has 0 spiro atoms. The molecule has 0 amide bonds. The van der Waals surface area contributed by atoms with E-state index in [9.17, 15) is 0 Å². The van der Waals surface area contributed by atoms with Crippen molar-refractivity contribution in [3.63, 3.8) is 0 Å². The molecule has 1 aliphatic heterocycles. The number of hydrogen-bond donors (Lipinski definition) is 0. The summed E-state index contributed by atoms with van der Waals surface area (Å²) >= 11 is 0. The number of hydrogen-bond acceptors (Lipinski definition) is 5. The molecule has 0 unspecified atom stereocenters. The predicted molar refractivity (Wildman–Crippen MR) is 125 cm³/mol. The van der Waals surface area contributed by atoms with Crippen LogP contribution in [0.15, 0.2) is 95.5 Å². The van der Waals surface area contributed by atoms with Gasteiger partial charge in [0.05, 0.1) is 12.5 Å². The summed E-state index contributed by atoms with van der Waals surface area (Å²) < 4.78 is 5.74. The third kappa shape index (κ3) is 4.49. The van der Waals surface area contributed by atoms with E-state index in [1.807, 2.05) is 12.1 Å². The van der Waals surface area contributed by atoms with E-state index in [1.165, 1.54) is 5.56 Å². The van der Waals surface area contributed by atoms with Crippen molar-refractivity contribution in [2.45, 2.75) is 18.5 Å². The van der Waals surface area contributed by atoms with Crippen LogP contribution in [-0.4, -0.2) is 46.6 Å². The van der Waals surface area contributed by atoms with Gasteiger partial charge in [-0.3, -0.25) is 9.80 Å². The van der Waals surface area contributed by atoms with Gasteiger partial charge >= 0.3 is 0 Å². The zero-order valence-corrected chi connectivity index (χ0v) is 18.3. The van der Waals surface area contributed by atoms with Crippen molar-refractivity contribution in [1.29, 1.82) is 0 Å². The van der Waals surface area contributed by atoms with E-state index in [0.29, 0.717) is 24.3 Å². The summed E-state index contributed by atoms with van der Waals surface area (Å²) in [5.41, 5.74) is 3.67. The lowest BCUT2D eigenvalue weighted by Gasteiger charge is -2.39. The summed E-state index contributed by atoms with van der Waals surface area (Å²) in [4.78, 5) is 9.68. The molecular weight excluding hydrogens is 396 g/mol. The predicted octanol–water partition coefficient (Wildman–Crippen LogP) is 4.74. The van der Waals surface area contributed by atoms with Crippen molar-refractivity contribution < 1.29 is 4.52 Å². The zero-order valence-electron chi connectivity index (χ0n) is 18.3. The molecule has 0 N–H and O–H groups in total. The van der Waals surface area contributed by atoms with Crippen LogP contribution in [0.3, 0.4) is 0 Å². The highest BCUT2D eigenvalue weighted by molar-refractivity contribution is 5.37. The highest BCUT2D eigenvalue weighted by Gasteiger charge is 2.28. The maximum Gasteiger partial charge on any atom is 0.240 e. The first kappa shape index (κ1) is 20.6. The monoisotopic (exact) mass is 424 g/mol. The van der Waals surface area contributed by atoms with Crippen LogP contribution in [0.25, 0.3) is 0 Å². The van der Waals surface area contributed by atoms with Gasteiger partial charge in [-0.2, -0.15) is 4.98 Å². The Morgan fingerprint density at radius 3 is 2.06 bits per heavy atom. The fourth-order valence-electron chi connectivity index (χ4n) is 4.53. The van der Waals surface area contributed by atoms with E-state index in [-0.39, 0.29) is 5.92 Å². The molecule has 1 fully saturated rings. The van der Waals surface area contributed by atoms with Crippen molar-refractivity contribution in [3.8, 4) is 0 Å². The Hall–Kier alpha value is -3.28. The molecule has 4 aromatic rings. The second-order valence-electron chi connectivity index (χ2n) is 8.44. The van der Waals surface area contributed by atoms with E-state index in [1.54, 1.807) is 0 Å². The Kier molecular flexibility index (Phi) is 6.10. The number of rotatable bonds is 6. The molecule has 5 rings (SSSR count). The summed E-state index contributed by atoms with van der Waals surface area (Å²) in [7, 11) is 2.20. The van der Waals surface area contributed by atoms with Gasteiger partial charge in [0, 0.05) is 25.7 Å². The van der Waals surface area contributed by atoms with Gasteiger partial charge in [-0.15, -0.1) is 0 Å². The van der Waals surface area contributed by atoms with Crippen LogP contribution in [0.5, 0.6) is 0 Å². The van der Waals surface area contributed by atoms with Crippen molar-refractivity contribution in [2.24, 2.45) is 0 Å². The van der Waals surface area contributed by atoms with E-state index >= 15 is 0 Å². The Labute approximate surface area is 189 Å². The SMILES string of the molecule is CN1CCN(Cc2nc(C(c3ccccc3)c3ccccc3)no2)C[C@H]1c1ccccc1. The summed E-state index contributed by atoms with van der Waals surface area (Å²) in [6, 6.07) is 31.9. The normalized spacial score (nSPS) is 17.6. The molecule has 0 aliphatic carbocycles. The minimum atomic E-state index is -0.0422. The lowest BCUT2D eigenvalue weighted by molar-refractivity contribution is 0.0825. The first-order valence-corrected chi connectivity index (χ1v) is 11.2. The number of piperazine rings is 1. The van der Waals surface area contributed by atoms with Crippen molar-refractivity contribution >= 4 is 0 Å². The number of nitrogens with zero attached hydrogens (tertiary/aromatic N) is 4. The average molecular weight is 425 g/mol. The third-order valence-corrected chi connectivity index (χ3v) is 6.28. The molecular formula is C27H28N4O. The Morgan fingerprint density at radius 1 is 0.844 bits per heavy atom. The molecule has 0 saturated carbocycles. The van der Waals surface area contributed by atoms with Gasteiger partial charge in [0.25, 0.3) is 0 Å². The van der Waals surface area contributed by atoms with Gasteiger partial charge in [0.2, 0.25) is 5.89 Å². The fraction of sp³-hybridized carbons (Fsp3) is 0.259. The fourth-order valence-corrected chi connectivity index (χ4v) is 4.53. The summed E-state index contributed by atoms with van der Waals surface area (Å²) in [5, 5.41) is 4.40. The maximum atomic E-state index is 5.74. The molecule has 3 aromatic carbocycles. The molecule has 32 heavy (non-hydrogen) atoms. The molecule has 0 radical (unpaired) electrons. The number of likely N-dealkylation sites (N-methyl/N-ethyl adjacent to an activating group) is 1. The number of benzene rings is 3. The van der Waals surface area contributed by atoms with Crippen molar-refractivity contribution in [2.75, 3.05) is 26.7 Å². The molecule has 5 nitrogen and oxygen atoms in total. The summed E-state index contributed by atoms with van der Waals surface area (Å²) in [6.45, 7) is 3.61. The van der Waals surface area contributed by atoms with Crippen LogP contribution in [0.1, 0.15) is 40.4 Å². The molecule has 1 aliphatic rings. The average Bonchev–Trinajstić information content (AvgIpc) is 3.30. The van der Waals surface area contributed by atoms with Gasteiger partial charge < -0.3 is 4.52 Å². The Bertz CT molecular complexity index is 1070. The van der Waals surface area contributed by atoms with E-state index in [0.717, 1.165) is 30.8 Å². The Balaban J connectivity index is 1.36. The largest absolute Gasteiger partial charge is 0.338 e. The smallest absolute Gasteiger partial charge is 0.240 e. The minimum Gasteiger partial charge on any atom is -0.338 e. The van der Waals surface area contributed by atoms with Crippen LogP contribution >= 0.6 is 0 Å². The summed E-state index contributed by atoms with van der Waals surface area (Å²) in [6.07, 6.45) is 0. The molecule has 0 bridgehead atoms. The highest BCUT2D eigenvalue weighted by Crippen LogP contribution is 2.30. The molecule has 1 aromatic heterocycles. The van der Waals surface area contributed by atoms with Gasteiger partial charge in [0.1, 0.15) is 0 Å². The number of aromatic nitrogens is 2. The molecule has 162 valence electrons. The Morgan fingerprint density at radius 2 is 1.44 bits per heavy atom. The topological polar surface area (TPSA) is 45.4 Å². The van der Waals surface area contributed by atoms with E-state index < -0.39 is 0 Å². The van der Waals surface area contributed by atoms with Crippen molar-refractivity contribution in [1.82, 2.24) is 19.9 Å². The third-order valence-electron chi connectivity index (χ3n) is 6.28. The second-order valence-corrected chi connectivity index (χ2v) is 8.44. The summed E-state index contributed by atoms with van der Waals surface area (Å²) in [5.74, 6) is 1.35. The zero-order chi connectivity index (χ0) is 21.8. The first-order valence-electron chi connectivity index (χ1n) is 11.2. The minimum absolute atomic E-state index is 0.0422. The van der Waals surface area contributed by atoms with Crippen LogP contribution < -0.4 is 0 Å². The maximum absolute atomic E-state index is 5.74. The van der Waals surface area contributed by atoms with E-state index in [4.69, 9.17) is 9.51 Å². The standard InChI is InChI=1S/C27H28N4O/c1-30-17-18-31(19-24(30)21-11-5-2-6-12-21)20-25-28-27(29-32-25)26(22-13-7-3-8-14-22)23-15-9-4-10-16-23/h2-16,24,26H,17-20H2,1H3/t24-/m0/s1. The quantitative estimate of drug-likeness (QED) is 0.447. The van der Waals surface area contributed by atoms with Crippen LogP contribution in [0.2, 0.25) is 0 Å². The molecule has 2 heterocycles. The lowest BCUT2D eigenvalue weighted by atomic mass is 9.91. The van der Waals surface area contributed by atoms with Gasteiger partial charge in [-0.25, -0.2) is 0 Å². The first-order chi connectivity index (χ1) is 15.8. The van der Waals surface area contributed by atoms with Crippen LogP contribution in [0.4, 0.5) is 0 Å². The molecule has 1 atom stereocenters. The lowest BCUT2D eigenvalue weighted by Crippen LogP contribution is -2.46. The second kappa shape index (κ2) is 9.47. The van der Waals surface area contributed by atoms with E-state index in [2.05, 4.69) is 101 Å². The van der Waals surface area contributed by atoms with Crippen molar-refractivity contribution in [3.05, 3.63) is 119 Å².